The third-order valence-electron chi connectivity index (χ3n) is 3.88. The summed E-state index contributed by atoms with van der Waals surface area (Å²) in [6.45, 7) is 5.86. The molecule has 0 bridgehead atoms. The zero-order valence-electron chi connectivity index (χ0n) is 14.0. The Labute approximate surface area is 140 Å². The molecule has 0 spiro atoms. The highest BCUT2D eigenvalue weighted by Gasteiger charge is 2.22. The van der Waals surface area contributed by atoms with Gasteiger partial charge in [-0.25, -0.2) is 15.0 Å². The quantitative estimate of drug-likeness (QED) is 0.837. The molecule has 1 aliphatic rings. The second kappa shape index (κ2) is 6.31. The van der Waals surface area contributed by atoms with Gasteiger partial charge in [-0.3, -0.25) is 4.79 Å². The van der Waals surface area contributed by atoms with Crippen molar-refractivity contribution in [3.8, 4) is 0 Å². The van der Waals surface area contributed by atoms with Crippen molar-refractivity contribution in [3.05, 3.63) is 23.1 Å². The minimum Gasteiger partial charge on any atom is -0.354 e. The van der Waals surface area contributed by atoms with Crippen LogP contribution in [0, 0.1) is 13.8 Å². The number of fused-ring (bicyclic) bond motifs is 1. The molecule has 0 aromatic carbocycles. The van der Waals surface area contributed by atoms with Crippen LogP contribution in [-0.2, 0) is 0 Å². The van der Waals surface area contributed by atoms with Crippen molar-refractivity contribution in [1.82, 2.24) is 19.9 Å². The first-order chi connectivity index (χ1) is 11.0. The van der Waals surface area contributed by atoms with Crippen molar-refractivity contribution in [2.75, 3.05) is 43.6 Å². The lowest BCUT2D eigenvalue weighted by atomic mass is 10.1. The minimum atomic E-state index is -0.194. The number of pyridine rings is 1. The SMILES string of the molecule is Cc1cc(C)c2c(N3CCSCC3)nc(C(=O)N(C)C)nc2n1. The minimum absolute atomic E-state index is 0.194. The summed E-state index contributed by atoms with van der Waals surface area (Å²) in [6.07, 6.45) is 0. The fraction of sp³-hybridized carbons (Fsp3) is 0.500. The highest BCUT2D eigenvalue weighted by atomic mass is 32.2. The molecule has 0 radical (unpaired) electrons. The van der Waals surface area contributed by atoms with Gasteiger partial charge in [-0.15, -0.1) is 0 Å². The van der Waals surface area contributed by atoms with Crippen LogP contribution in [0.5, 0.6) is 0 Å². The van der Waals surface area contributed by atoms with Gasteiger partial charge in [-0.1, -0.05) is 0 Å². The molecule has 0 N–H and O–H groups in total. The van der Waals surface area contributed by atoms with Crippen LogP contribution in [0.3, 0.4) is 0 Å². The Morgan fingerprint density at radius 2 is 1.87 bits per heavy atom. The van der Waals surface area contributed by atoms with Crippen LogP contribution in [0.1, 0.15) is 21.9 Å². The molecule has 3 heterocycles. The topological polar surface area (TPSA) is 62.2 Å². The molecule has 122 valence electrons. The van der Waals surface area contributed by atoms with E-state index in [9.17, 15) is 4.79 Å². The summed E-state index contributed by atoms with van der Waals surface area (Å²) < 4.78 is 0. The van der Waals surface area contributed by atoms with Gasteiger partial charge in [-0.05, 0) is 25.5 Å². The average Bonchev–Trinajstić information content (AvgIpc) is 2.53. The number of aromatic nitrogens is 3. The second-order valence-electron chi connectivity index (χ2n) is 5.95. The first kappa shape index (κ1) is 16.0. The zero-order valence-corrected chi connectivity index (χ0v) is 14.8. The zero-order chi connectivity index (χ0) is 16.6. The molecule has 1 amide bonds. The van der Waals surface area contributed by atoms with E-state index in [1.165, 1.54) is 4.90 Å². The number of thioether (sulfide) groups is 1. The van der Waals surface area contributed by atoms with Crippen LogP contribution in [-0.4, -0.2) is 64.4 Å². The molecule has 1 fully saturated rings. The summed E-state index contributed by atoms with van der Waals surface area (Å²) in [5.41, 5.74) is 2.61. The number of anilines is 1. The van der Waals surface area contributed by atoms with E-state index in [0.717, 1.165) is 47.1 Å². The van der Waals surface area contributed by atoms with Crippen molar-refractivity contribution in [3.63, 3.8) is 0 Å². The Kier molecular flexibility index (Phi) is 4.39. The molecule has 1 saturated heterocycles. The van der Waals surface area contributed by atoms with Gasteiger partial charge in [-0.2, -0.15) is 11.8 Å². The van der Waals surface area contributed by atoms with Crippen LogP contribution in [0.2, 0.25) is 0 Å². The maximum Gasteiger partial charge on any atom is 0.291 e. The lowest BCUT2D eigenvalue weighted by Crippen LogP contribution is -2.34. The summed E-state index contributed by atoms with van der Waals surface area (Å²) in [5.74, 6) is 3.00. The smallest absolute Gasteiger partial charge is 0.291 e. The number of carbonyl (C=O) groups excluding carboxylic acids is 1. The van der Waals surface area contributed by atoms with Gasteiger partial charge in [0.25, 0.3) is 5.91 Å². The Morgan fingerprint density at radius 1 is 1.17 bits per heavy atom. The monoisotopic (exact) mass is 331 g/mol. The first-order valence-electron chi connectivity index (χ1n) is 7.67. The van der Waals surface area contributed by atoms with E-state index in [1.807, 2.05) is 24.8 Å². The molecule has 23 heavy (non-hydrogen) atoms. The van der Waals surface area contributed by atoms with E-state index in [0.29, 0.717) is 5.65 Å². The van der Waals surface area contributed by atoms with Crippen LogP contribution in [0.25, 0.3) is 11.0 Å². The van der Waals surface area contributed by atoms with E-state index in [-0.39, 0.29) is 11.7 Å². The Hall–Kier alpha value is -1.89. The molecule has 0 saturated carbocycles. The summed E-state index contributed by atoms with van der Waals surface area (Å²) in [4.78, 5) is 29.7. The molecule has 3 rings (SSSR count). The number of carbonyl (C=O) groups is 1. The molecule has 0 aliphatic carbocycles. The summed E-state index contributed by atoms with van der Waals surface area (Å²) >= 11 is 1.94. The van der Waals surface area contributed by atoms with Crippen LogP contribution < -0.4 is 4.90 Å². The van der Waals surface area contributed by atoms with Gasteiger partial charge >= 0.3 is 0 Å². The van der Waals surface area contributed by atoms with Gasteiger partial charge in [0, 0.05) is 44.4 Å². The number of rotatable bonds is 2. The maximum absolute atomic E-state index is 12.3. The molecule has 0 unspecified atom stereocenters. The van der Waals surface area contributed by atoms with Crippen LogP contribution >= 0.6 is 11.8 Å². The fourth-order valence-electron chi connectivity index (χ4n) is 2.76. The third-order valence-corrected chi connectivity index (χ3v) is 4.82. The van der Waals surface area contributed by atoms with Crippen LogP contribution in [0.15, 0.2) is 6.07 Å². The molecule has 6 nitrogen and oxygen atoms in total. The van der Waals surface area contributed by atoms with E-state index >= 15 is 0 Å². The largest absolute Gasteiger partial charge is 0.354 e. The number of hydrogen-bond acceptors (Lipinski definition) is 6. The maximum atomic E-state index is 12.3. The van der Waals surface area contributed by atoms with Gasteiger partial charge < -0.3 is 9.80 Å². The van der Waals surface area contributed by atoms with Crippen LogP contribution in [0.4, 0.5) is 5.82 Å². The Bertz CT molecular complexity index is 756. The van der Waals surface area contributed by atoms with Gasteiger partial charge in [0.2, 0.25) is 5.82 Å². The third kappa shape index (κ3) is 3.10. The van der Waals surface area contributed by atoms with Gasteiger partial charge in [0.05, 0.1) is 5.39 Å². The highest BCUT2D eigenvalue weighted by molar-refractivity contribution is 7.99. The Morgan fingerprint density at radius 3 is 2.52 bits per heavy atom. The lowest BCUT2D eigenvalue weighted by molar-refractivity contribution is 0.0816. The second-order valence-corrected chi connectivity index (χ2v) is 7.17. The average molecular weight is 331 g/mol. The summed E-state index contributed by atoms with van der Waals surface area (Å²) in [6, 6.07) is 2.04. The van der Waals surface area contributed by atoms with Crippen molar-refractivity contribution >= 4 is 34.5 Å². The lowest BCUT2D eigenvalue weighted by Gasteiger charge is -2.29. The fourth-order valence-corrected chi connectivity index (χ4v) is 3.66. The van der Waals surface area contributed by atoms with E-state index in [1.54, 1.807) is 14.1 Å². The summed E-state index contributed by atoms with van der Waals surface area (Å²) in [5, 5.41) is 0.956. The van der Waals surface area contributed by atoms with Crippen molar-refractivity contribution in [2.24, 2.45) is 0 Å². The van der Waals surface area contributed by atoms with E-state index in [4.69, 9.17) is 0 Å². The number of nitrogens with zero attached hydrogens (tertiary/aromatic N) is 5. The molecule has 7 heteroatoms. The molecular weight excluding hydrogens is 310 g/mol. The van der Waals surface area contributed by atoms with E-state index < -0.39 is 0 Å². The highest BCUT2D eigenvalue weighted by Crippen LogP contribution is 2.28. The Balaban J connectivity index is 2.23. The first-order valence-corrected chi connectivity index (χ1v) is 8.83. The molecular formula is C16H21N5OS. The van der Waals surface area contributed by atoms with Crippen molar-refractivity contribution in [1.29, 1.82) is 0 Å². The standard InChI is InChI=1S/C16H21N5OS/c1-10-9-11(2)17-13-12(10)15(21-5-7-23-8-6-21)19-14(18-13)16(22)20(3)4/h9H,5-8H2,1-4H3. The van der Waals surface area contributed by atoms with Gasteiger partial charge in [0.1, 0.15) is 5.82 Å². The van der Waals surface area contributed by atoms with Crippen molar-refractivity contribution in [2.45, 2.75) is 13.8 Å². The van der Waals surface area contributed by atoms with E-state index in [2.05, 4.69) is 26.8 Å². The number of amides is 1. The molecule has 2 aromatic heterocycles. The number of hydrogen-bond donors (Lipinski definition) is 0. The number of aryl methyl sites for hydroxylation is 2. The summed E-state index contributed by atoms with van der Waals surface area (Å²) in [7, 11) is 3.42. The normalized spacial score (nSPS) is 15.0. The molecule has 0 atom stereocenters. The predicted molar refractivity (Wildman–Crippen MR) is 94.4 cm³/mol. The molecule has 2 aromatic rings. The van der Waals surface area contributed by atoms with Crippen molar-refractivity contribution < 1.29 is 4.79 Å². The predicted octanol–water partition coefficient (Wildman–Crippen LogP) is 1.90. The molecule has 1 aliphatic heterocycles. The van der Waals surface area contributed by atoms with Gasteiger partial charge in [0.15, 0.2) is 5.65 Å².